The number of carbonyl (C=O) groups excluding carboxylic acids is 3. The van der Waals surface area contributed by atoms with E-state index in [1.165, 1.54) is 11.9 Å². The van der Waals surface area contributed by atoms with E-state index in [4.69, 9.17) is 4.74 Å². The predicted molar refractivity (Wildman–Crippen MR) is 116 cm³/mol. The Balaban J connectivity index is 1.70. The highest BCUT2D eigenvalue weighted by molar-refractivity contribution is 9.09. The van der Waals surface area contributed by atoms with Gasteiger partial charge in [-0.05, 0) is 18.4 Å². The lowest BCUT2D eigenvalue weighted by molar-refractivity contribution is -0.145. The summed E-state index contributed by atoms with van der Waals surface area (Å²) in [7, 11) is 1.54. The largest absolute Gasteiger partial charge is 0.394 e. The van der Waals surface area contributed by atoms with Gasteiger partial charge in [-0.25, -0.2) is 0 Å². The van der Waals surface area contributed by atoms with Crippen LogP contribution in [-0.2, 0) is 25.7 Å². The van der Waals surface area contributed by atoms with Crippen molar-refractivity contribution in [2.75, 3.05) is 13.7 Å². The minimum absolute atomic E-state index is 0.141. The van der Waals surface area contributed by atoms with Gasteiger partial charge in [-0.1, -0.05) is 53.2 Å². The Hall–Kier alpha value is -1.97. The van der Waals surface area contributed by atoms with Gasteiger partial charge in [0.25, 0.3) is 0 Å². The van der Waals surface area contributed by atoms with Gasteiger partial charge in [0, 0.05) is 18.4 Å². The van der Waals surface area contributed by atoms with Gasteiger partial charge in [0.2, 0.25) is 17.7 Å². The first-order valence-electron chi connectivity index (χ1n) is 10.7. The van der Waals surface area contributed by atoms with E-state index >= 15 is 0 Å². The molecule has 7 atom stereocenters. The van der Waals surface area contributed by atoms with E-state index < -0.39 is 35.6 Å². The molecule has 1 aromatic rings. The lowest BCUT2D eigenvalue weighted by Gasteiger charge is -2.36. The molecule has 4 rings (SSSR count). The van der Waals surface area contributed by atoms with Gasteiger partial charge in [0.1, 0.15) is 11.6 Å². The second-order valence-corrected chi connectivity index (χ2v) is 9.65. The number of fused-ring (bicyclic) bond motifs is 1. The number of benzene rings is 1. The summed E-state index contributed by atoms with van der Waals surface area (Å²) in [4.78, 5) is 41.2. The predicted octanol–water partition coefficient (Wildman–Crippen LogP) is 0.568. The van der Waals surface area contributed by atoms with Crippen LogP contribution in [0.1, 0.15) is 25.3 Å². The van der Waals surface area contributed by atoms with Gasteiger partial charge in [0.15, 0.2) is 0 Å². The molecule has 1 aromatic carbocycles. The van der Waals surface area contributed by atoms with Gasteiger partial charge in [-0.2, -0.15) is 0 Å². The monoisotopic (exact) mass is 493 g/mol. The molecule has 3 fully saturated rings. The highest BCUT2D eigenvalue weighted by Crippen LogP contribution is 2.60. The molecule has 2 bridgehead atoms. The number of aliphatic hydroxyl groups is 1. The van der Waals surface area contributed by atoms with Crippen molar-refractivity contribution < 1.29 is 24.2 Å². The quantitative estimate of drug-likeness (QED) is 0.481. The molecule has 3 heterocycles. The number of amides is 3. The highest BCUT2D eigenvalue weighted by atomic mass is 79.9. The van der Waals surface area contributed by atoms with Crippen LogP contribution in [0.5, 0.6) is 0 Å². The average Bonchev–Trinajstić information content (AvgIpc) is 3.37. The van der Waals surface area contributed by atoms with Gasteiger partial charge in [-0.15, -0.1) is 0 Å². The fraction of sp³-hybridized carbons (Fsp3) is 0.591. The average molecular weight is 494 g/mol. The zero-order valence-corrected chi connectivity index (χ0v) is 19.2. The molecule has 0 radical (unpaired) electrons. The number of likely N-dealkylation sites (tertiary alicyclic amines) is 1. The maximum Gasteiger partial charge on any atom is 0.246 e. The number of halogens is 1. The minimum atomic E-state index is -1.10. The summed E-state index contributed by atoms with van der Waals surface area (Å²) in [5.41, 5.74) is -0.163. The van der Waals surface area contributed by atoms with Crippen molar-refractivity contribution >= 4 is 33.7 Å². The van der Waals surface area contributed by atoms with Crippen LogP contribution < -0.4 is 10.6 Å². The Bertz CT molecular complexity index is 864. The first-order chi connectivity index (χ1) is 14.9. The van der Waals surface area contributed by atoms with Crippen LogP contribution in [-0.4, -0.2) is 70.0 Å². The Morgan fingerprint density at radius 2 is 2.03 bits per heavy atom. The zero-order valence-electron chi connectivity index (χ0n) is 17.6. The second-order valence-electron chi connectivity index (χ2n) is 8.47. The summed E-state index contributed by atoms with van der Waals surface area (Å²) < 4.78 is 6.34. The number of rotatable bonds is 7. The third kappa shape index (κ3) is 3.37. The zero-order chi connectivity index (χ0) is 22.3. The molecule has 3 unspecified atom stereocenters. The summed E-state index contributed by atoms with van der Waals surface area (Å²) in [6.07, 6.45) is 0.456. The van der Waals surface area contributed by atoms with Gasteiger partial charge in [-0.3, -0.25) is 14.4 Å². The van der Waals surface area contributed by atoms with E-state index in [0.717, 1.165) is 5.56 Å². The van der Waals surface area contributed by atoms with Crippen molar-refractivity contribution in [1.29, 1.82) is 0 Å². The molecule has 3 saturated heterocycles. The molecule has 0 aliphatic carbocycles. The Morgan fingerprint density at radius 3 is 2.65 bits per heavy atom. The van der Waals surface area contributed by atoms with E-state index in [0.29, 0.717) is 19.4 Å². The van der Waals surface area contributed by atoms with Crippen LogP contribution in [0.25, 0.3) is 0 Å². The number of aliphatic hydroxyl groups excluding tert-OH is 1. The number of carbonyl (C=O) groups is 3. The maximum absolute atomic E-state index is 13.6. The molecule has 3 aliphatic rings. The van der Waals surface area contributed by atoms with Gasteiger partial charge in [0.05, 0.1) is 30.6 Å². The fourth-order valence-electron chi connectivity index (χ4n) is 5.52. The Morgan fingerprint density at radius 1 is 1.32 bits per heavy atom. The van der Waals surface area contributed by atoms with Crippen molar-refractivity contribution in [1.82, 2.24) is 15.5 Å². The Kier molecular flexibility index (Phi) is 6.11. The number of hydrogen-bond donors (Lipinski definition) is 3. The lowest BCUT2D eigenvalue weighted by atomic mass is 9.70. The van der Waals surface area contributed by atoms with Crippen molar-refractivity contribution in [2.45, 2.75) is 54.9 Å². The third-order valence-corrected chi connectivity index (χ3v) is 7.75. The lowest BCUT2D eigenvalue weighted by Crippen LogP contribution is -2.58. The smallest absolute Gasteiger partial charge is 0.246 e. The summed E-state index contributed by atoms with van der Waals surface area (Å²) >= 11 is 3.61. The number of alkyl halides is 1. The molecule has 9 heteroatoms. The number of ether oxygens (including phenoxy) is 1. The molecule has 168 valence electrons. The van der Waals surface area contributed by atoms with Crippen molar-refractivity contribution in [2.24, 2.45) is 11.8 Å². The fourth-order valence-corrected chi connectivity index (χ4v) is 6.46. The molecule has 3 aliphatic heterocycles. The topological polar surface area (TPSA) is 108 Å². The number of nitrogens with zero attached hydrogens (tertiary/aromatic N) is 1. The first-order valence-corrected chi connectivity index (χ1v) is 11.6. The molecule has 3 N–H and O–H groups in total. The molecule has 0 saturated carbocycles. The molecule has 3 amide bonds. The SMILES string of the molecule is CC[C@@H](CO)N1C(=O)[C@@H]2[C@@H](C(=O)NC)[C@@H]3OC2(CC3Br)C1C(=O)NCc1ccccc1. The number of hydrogen-bond acceptors (Lipinski definition) is 5. The first kappa shape index (κ1) is 22.2. The molecule has 0 aromatic heterocycles. The van der Waals surface area contributed by atoms with E-state index in [-0.39, 0.29) is 29.2 Å². The van der Waals surface area contributed by atoms with E-state index in [9.17, 15) is 19.5 Å². The van der Waals surface area contributed by atoms with Crippen LogP contribution in [0.3, 0.4) is 0 Å². The van der Waals surface area contributed by atoms with Crippen LogP contribution in [0.15, 0.2) is 30.3 Å². The maximum atomic E-state index is 13.6. The normalized spacial score (nSPS) is 34.5. The molecular weight excluding hydrogens is 466 g/mol. The standard InChI is InChI=1S/C22H28BrN3O5/c1-3-13(11-27)26-18(20(29)25-10-12-7-5-4-6-8-12)22-9-14(23)17(31-22)15(19(28)24-2)16(22)21(26)30/h4-8,13-18,27H,3,9-11H2,1-2H3,(H,24,28)(H,25,29)/t13-,14?,15+,16-,17+,18?,22?/m0/s1. The number of nitrogens with one attached hydrogen (secondary N) is 2. The Labute approximate surface area is 189 Å². The summed E-state index contributed by atoms with van der Waals surface area (Å²) in [6.45, 7) is 1.91. The van der Waals surface area contributed by atoms with Crippen LogP contribution >= 0.6 is 15.9 Å². The molecule has 1 spiro atoms. The second kappa shape index (κ2) is 8.52. The van der Waals surface area contributed by atoms with Gasteiger partial charge >= 0.3 is 0 Å². The van der Waals surface area contributed by atoms with Gasteiger partial charge < -0.3 is 25.4 Å². The van der Waals surface area contributed by atoms with Crippen molar-refractivity contribution in [3.05, 3.63) is 35.9 Å². The minimum Gasteiger partial charge on any atom is -0.394 e. The summed E-state index contributed by atoms with van der Waals surface area (Å²) in [6, 6.07) is 8.08. The van der Waals surface area contributed by atoms with Crippen LogP contribution in [0, 0.1) is 11.8 Å². The third-order valence-electron chi connectivity index (χ3n) is 6.91. The van der Waals surface area contributed by atoms with E-state index in [1.807, 2.05) is 37.3 Å². The van der Waals surface area contributed by atoms with Crippen LogP contribution in [0.2, 0.25) is 0 Å². The molecule has 31 heavy (non-hydrogen) atoms. The van der Waals surface area contributed by atoms with Crippen molar-refractivity contribution in [3.8, 4) is 0 Å². The van der Waals surface area contributed by atoms with E-state index in [2.05, 4.69) is 26.6 Å². The van der Waals surface area contributed by atoms with Crippen molar-refractivity contribution in [3.63, 3.8) is 0 Å². The molecular formula is C22H28BrN3O5. The highest BCUT2D eigenvalue weighted by Gasteiger charge is 2.76. The summed E-state index contributed by atoms with van der Waals surface area (Å²) in [5, 5.41) is 15.6. The van der Waals surface area contributed by atoms with Crippen LogP contribution in [0.4, 0.5) is 0 Å². The summed E-state index contributed by atoms with van der Waals surface area (Å²) in [5.74, 6) is -2.32. The molecule has 8 nitrogen and oxygen atoms in total. The van der Waals surface area contributed by atoms with E-state index in [1.54, 1.807) is 0 Å².